The summed E-state index contributed by atoms with van der Waals surface area (Å²) in [5.41, 5.74) is 8.53. The third-order valence-electron chi connectivity index (χ3n) is 8.64. The predicted octanol–water partition coefficient (Wildman–Crippen LogP) is 2.32. The number of unbranched alkanes of at least 4 members (excludes halogenated alkanes) is 1. The normalized spacial score (nSPS) is 21.5. The van der Waals surface area contributed by atoms with Gasteiger partial charge in [0.15, 0.2) is 0 Å². The van der Waals surface area contributed by atoms with Gasteiger partial charge >= 0.3 is 12.1 Å². The summed E-state index contributed by atoms with van der Waals surface area (Å²) >= 11 is 0. The number of aliphatic carboxylic acids is 1. The van der Waals surface area contributed by atoms with Gasteiger partial charge in [0.1, 0.15) is 0 Å². The highest BCUT2D eigenvalue weighted by Gasteiger charge is 2.38. The molecule has 0 radical (unpaired) electrons. The summed E-state index contributed by atoms with van der Waals surface area (Å²) in [7, 11) is 0. The van der Waals surface area contributed by atoms with E-state index in [9.17, 15) is 37.5 Å². The minimum atomic E-state index is -5.08. The van der Waals surface area contributed by atoms with Gasteiger partial charge < -0.3 is 42.2 Å². The molecule has 2 heterocycles. The molecular weight excluding hydrogens is 685 g/mol. The van der Waals surface area contributed by atoms with Gasteiger partial charge in [0.2, 0.25) is 23.6 Å². The van der Waals surface area contributed by atoms with E-state index in [1.54, 1.807) is 0 Å². The van der Waals surface area contributed by atoms with Crippen molar-refractivity contribution in [1.29, 1.82) is 0 Å². The maximum Gasteiger partial charge on any atom is 0.490 e. The summed E-state index contributed by atoms with van der Waals surface area (Å²) in [6.07, 6.45) is -1.64. The number of H-pyrrole nitrogens is 1. The minimum absolute atomic E-state index is 0.0214. The van der Waals surface area contributed by atoms with Crippen molar-refractivity contribution in [3.05, 3.63) is 71.9 Å². The van der Waals surface area contributed by atoms with Crippen molar-refractivity contribution >= 4 is 40.5 Å². The minimum Gasteiger partial charge on any atom is -0.475 e. The lowest BCUT2D eigenvalue weighted by molar-refractivity contribution is -0.192. The van der Waals surface area contributed by atoms with Crippen molar-refractivity contribution < 1.29 is 47.4 Å². The Kier molecular flexibility index (Phi) is 16.1. The molecule has 0 bridgehead atoms. The molecule has 4 amide bonds. The van der Waals surface area contributed by atoms with E-state index in [1.807, 2.05) is 60.8 Å². The van der Waals surface area contributed by atoms with Crippen LogP contribution in [0, 0.1) is 11.8 Å². The number of para-hydroxylation sites is 1. The number of aromatic nitrogens is 1. The molecule has 1 fully saturated rings. The molecular formula is C36H47F3N6O7. The number of benzene rings is 2. The molecule has 9 N–H and O–H groups in total. The fourth-order valence-corrected chi connectivity index (χ4v) is 5.77. The molecule has 4 rings (SSSR count). The standard InChI is InChI=1S/C34H46N6O5.C2HF3O2/c1-22(41)30-18-31(42)37-20-25(15-23-9-3-2-4-10-23)33(44)38-21-26(16-24-19-36-29-13-6-5-12-28(24)29)34(45)39-27(11-7-8-14-35)17-32(43)40-30;3-2(4,5)1(6)7/h2-6,9-10,12-13,19,22,25-27,30,36,41H,7-8,11,14-18,20-21,35H2,1H3,(H,37,42)(H,38,44)(H,39,45)(H,40,43);(H,6,7)/t22-,25+,26+,27+,30-;/m1./s1. The Balaban J connectivity index is 0.000000944. The van der Waals surface area contributed by atoms with Gasteiger partial charge in [-0.1, -0.05) is 55.0 Å². The number of aliphatic hydroxyl groups is 1. The Morgan fingerprint density at radius 1 is 0.865 bits per heavy atom. The SMILES string of the molecule is C[C@@H](O)[C@H]1CC(=O)NC[C@H](Cc2ccccc2)C(=O)NC[C@H](Cc2c[nH]c3ccccc23)C(=O)N[C@@H](CCCCN)CC(=O)N1.O=C(O)C(F)(F)F. The second-order valence-corrected chi connectivity index (χ2v) is 12.8. The molecule has 1 aliphatic rings. The van der Waals surface area contributed by atoms with E-state index in [4.69, 9.17) is 15.6 Å². The summed E-state index contributed by atoms with van der Waals surface area (Å²) in [5.74, 6) is -5.29. The number of alkyl halides is 3. The Bertz CT molecular complexity index is 1630. The maximum atomic E-state index is 13.9. The fraction of sp³-hybridized carbons (Fsp3) is 0.472. The highest BCUT2D eigenvalue weighted by Crippen LogP contribution is 2.22. The summed E-state index contributed by atoms with van der Waals surface area (Å²) in [4.78, 5) is 65.8. The van der Waals surface area contributed by atoms with Crippen molar-refractivity contribution in [1.82, 2.24) is 26.3 Å². The van der Waals surface area contributed by atoms with Crippen molar-refractivity contribution in [2.24, 2.45) is 17.6 Å². The number of hydrogen-bond donors (Lipinski definition) is 8. The number of halogens is 3. The van der Waals surface area contributed by atoms with Crippen LogP contribution in [-0.2, 0) is 36.8 Å². The van der Waals surface area contributed by atoms with E-state index < -0.39 is 42.2 Å². The van der Waals surface area contributed by atoms with E-state index in [2.05, 4.69) is 26.3 Å². The first-order chi connectivity index (χ1) is 24.7. The second-order valence-electron chi connectivity index (χ2n) is 12.8. The summed E-state index contributed by atoms with van der Waals surface area (Å²) < 4.78 is 31.7. The van der Waals surface area contributed by atoms with E-state index in [1.165, 1.54) is 6.92 Å². The maximum absolute atomic E-state index is 13.9. The average Bonchev–Trinajstić information content (AvgIpc) is 3.50. The van der Waals surface area contributed by atoms with Gasteiger partial charge in [0, 0.05) is 49.1 Å². The fourth-order valence-electron chi connectivity index (χ4n) is 5.77. The van der Waals surface area contributed by atoms with Crippen LogP contribution in [0.4, 0.5) is 13.2 Å². The highest BCUT2D eigenvalue weighted by molar-refractivity contribution is 5.87. The van der Waals surface area contributed by atoms with Gasteiger partial charge in [0.25, 0.3) is 0 Å². The molecule has 284 valence electrons. The number of amides is 4. The Morgan fingerprint density at radius 2 is 1.50 bits per heavy atom. The molecule has 0 unspecified atom stereocenters. The number of carboxylic acids is 1. The van der Waals surface area contributed by atoms with Crippen LogP contribution in [0.3, 0.4) is 0 Å². The van der Waals surface area contributed by atoms with E-state index >= 15 is 0 Å². The van der Waals surface area contributed by atoms with E-state index in [0.717, 1.165) is 28.5 Å². The largest absolute Gasteiger partial charge is 0.490 e. The number of carbonyl (C=O) groups excluding carboxylic acids is 4. The first-order valence-electron chi connectivity index (χ1n) is 17.1. The predicted molar refractivity (Wildman–Crippen MR) is 187 cm³/mol. The third kappa shape index (κ3) is 13.6. The highest BCUT2D eigenvalue weighted by atomic mass is 19.4. The molecule has 0 spiro atoms. The molecule has 52 heavy (non-hydrogen) atoms. The van der Waals surface area contributed by atoms with Crippen LogP contribution in [0.25, 0.3) is 10.9 Å². The zero-order valence-corrected chi connectivity index (χ0v) is 28.9. The quantitative estimate of drug-likeness (QED) is 0.153. The third-order valence-corrected chi connectivity index (χ3v) is 8.64. The lowest BCUT2D eigenvalue weighted by atomic mass is 9.95. The zero-order chi connectivity index (χ0) is 38.3. The van der Waals surface area contributed by atoms with Crippen molar-refractivity contribution in [2.45, 2.75) is 76.2 Å². The van der Waals surface area contributed by atoms with Gasteiger partial charge in [0.05, 0.1) is 24.0 Å². The number of fused-ring (bicyclic) bond motifs is 1. The lowest BCUT2D eigenvalue weighted by Gasteiger charge is -2.27. The van der Waals surface area contributed by atoms with Crippen molar-refractivity contribution in [3.8, 4) is 0 Å². The van der Waals surface area contributed by atoms with Crippen LogP contribution in [0.1, 0.15) is 50.2 Å². The zero-order valence-electron chi connectivity index (χ0n) is 28.9. The number of carboxylic acid groups (broad SMARTS) is 1. The van der Waals surface area contributed by atoms with Gasteiger partial charge in [-0.2, -0.15) is 13.2 Å². The molecule has 16 heteroatoms. The first-order valence-corrected chi connectivity index (χ1v) is 17.1. The lowest BCUT2D eigenvalue weighted by Crippen LogP contribution is -2.50. The Morgan fingerprint density at radius 3 is 2.15 bits per heavy atom. The van der Waals surface area contributed by atoms with Crippen LogP contribution < -0.4 is 27.0 Å². The summed E-state index contributed by atoms with van der Waals surface area (Å²) in [5, 5.41) is 30.2. The monoisotopic (exact) mass is 732 g/mol. The number of rotatable bonds is 9. The van der Waals surface area contributed by atoms with Gasteiger partial charge in [-0.15, -0.1) is 0 Å². The summed E-state index contributed by atoms with van der Waals surface area (Å²) in [6, 6.07) is 16.0. The average molecular weight is 733 g/mol. The number of nitrogens with one attached hydrogen (secondary N) is 5. The smallest absolute Gasteiger partial charge is 0.475 e. The number of nitrogens with two attached hydrogens (primary N) is 1. The number of aliphatic hydroxyl groups excluding tert-OH is 1. The molecule has 0 aliphatic carbocycles. The van der Waals surface area contributed by atoms with Crippen LogP contribution in [0.2, 0.25) is 0 Å². The molecule has 1 saturated heterocycles. The molecule has 0 saturated carbocycles. The summed E-state index contributed by atoms with van der Waals surface area (Å²) in [6.45, 7) is 2.14. The molecule has 1 aromatic heterocycles. The Hall–Kier alpha value is -4.96. The van der Waals surface area contributed by atoms with Gasteiger partial charge in [-0.3, -0.25) is 19.2 Å². The number of hydrogen-bond acceptors (Lipinski definition) is 7. The first kappa shape index (κ1) is 41.5. The molecule has 2 aromatic carbocycles. The molecule has 1 aliphatic heterocycles. The number of carbonyl (C=O) groups is 5. The van der Waals surface area contributed by atoms with Crippen LogP contribution in [0.5, 0.6) is 0 Å². The second kappa shape index (κ2) is 20.2. The van der Waals surface area contributed by atoms with Crippen LogP contribution >= 0.6 is 0 Å². The molecule has 13 nitrogen and oxygen atoms in total. The molecule has 3 aromatic rings. The number of aromatic amines is 1. The van der Waals surface area contributed by atoms with Gasteiger partial charge in [-0.25, -0.2) is 4.79 Å². The molecule has 5 atom stereocenters. The van der Waals surface area contributed by atoms with Crippen molar-refractivity contribution in [2.75, 3.05) is 19.6 Å². The van der Waals surface area contributed by atoms with Crippen LogP contribution in [-0.4, -0.2) is 88.8 Å². The Labute approximate surface area is 299 Å². The van der Waals surface area contributed by atoms with Crippen LogP contribution in [0.15, 0.2) is 60.8 Å². The van der Waals surface area contributed by atoms with Crippen molar-refractivity contribution in [3.63, 3.8) is 0 Å². The van der Waals surface area contributed by atoms with Gasteiger partial charge in [-0.05, 0) is 56.3 Å². The van der Waals surface area contributed by atoms with E-state index in [-0.39, 0.29) is 49.6 Å². The van der Waals surface area contributed by atoms with E-state index in [0.29, 0.717) is 32.2 Å². The topological polar surface area (TPSA) is 216 Å².